The Balaban J connectivity index is 2.14. The second kappa shape index (κ2) is 5.90. The molecule has 2 aromatic rings. The molecule has 0 saturated carbocycles. The number of benzene rings is 2. The summed E-state index contributed by atoms with van der Waals surface area (Å²) in [7, 11) is 1.61. The Morgan fingerprint density at radius 3 is 2.59 bits per heavy atom. The Kier molecular flexibility index (Phi) is 3.79. The van der Waals surface area contributed by atoms with Crippen LogP contribution in [0.2, 0.25) is 0 Å². The van der Waals surface area contributed by atoms with Crippen LogP contribution in [0.25, 0.3) is 11.6 Å². The molecule has 0 N–H and O–H groups in total. The van der Waals surface area contributed by atoms with Crippen molar-refractivity contribution in [2.24, 2.45) is 0 Å². The number of hydrogen-bond acceptors (Lipinski definition) is 3. The highest BCUT2D eigenvalue weighted by molar-refractivity contribution is 5.98. The monoisotopic (exact) mass is 292 g/mol. The van der Waals surface area contributed by atoms with Gasteiger partial charge in [0.1, 0.15) is 17.3 Å². The number of carbonyl (C=O) groups excluding carboxylic acids is 1. The lowest BCUT2D eigenvalue weighted by Gasteiger charge is -2.21. The van der Waals surface area contributed by atoms with Gasteiger partial charge in [0.25, 0.3) is 0 Å². The van der Waals surface area contributed by atoms with E-state index in [2.05, 4.69) is 0 Å². The lowest BCUT2D eigenvalue weighted by Crippen LogP contribution is -2.07. The van der Waals surface area contributed by atoms with E-state index >= 15 is 0 Å². The van der Waals surface area contributed by atoms with Crippen LogP contribution in [-0.4, -0.2) is 12.9 Å². The first-order chi connectivity index (χ1) is 10.7. The summed E-state index contributed by atoms with van der Waals surface area (Å²) in [5, 5.41) is 0. The van der Waals surface area contributed by atoms with Gasteiger partial charge in [-0.15, -0.1) is 0 Å². The van der Waals surface area contributed by atoms with Gasteiger partial charge in [0.05, 0.1) is 7.11 Å². The Morgan fingerprint density at radius 2 is 1.91 bits per heavy atom. The van der Waals surface area contributed by atoms with Crippen LogP contribution in [0.15, 0.2) is 60.4 Å². The van der Waals surface area contributed by atoms with E-state index in [0.29, 0.717) is 11.5 Å². The van der Waals surface area contributed by atoms with Crippen LogP contribution in [-0.2, 0) is 4.79 Å². The molecule has 0 fully saturated rings. The molecule has 3 heteroatoms. The lowest BCUT2D eigenvalue weighted by atomic mass is 9.97. The molecule has 22 heavy (non-hydrogen) atoms. The molecule has 0 saturated heterocycles. The van der Waals surface area contributed by atoms with E-state index in [9.17, 15) is 4.79 Å². The first-order valence-electron chi connectivity index (χ1n) is 7.03. The van der Waals surface area contributed by atoms with Gasteiger partial charge in [-0.1, -0.05) is 30.3 Å². The van der Waals surface area contributed by atoms with Gasteiger partial charge in [-0.2, -0.15) is 0 Å². The minimum atomic E-state index is -0.0526. The number of allylic oxidation sites excluding steroid dienone is 2. The van der Waals surface area contributed by atoms with Gasteiger partial charge < -0.3 is 9.47 Å². The van der Waals surface area contributed by atoms with E-state index < -0.39 is 0 Å². The second-order valence-electron chi connectivity index (χ2n) is 5.05. The predicted molar refractivity (Wildman–Crippen MR) is 86.7 cm³/mol. The molecule has 0 atom stereocenters. The molecule has 0 spiro atoms. The maximum Gasteiger partial charge on any atom is 0.156 e. The molecule has 0 unspecified atom stereocenters. The third-order valence-electron chi connectivity index (χ3n) is 3.43. The van der Waals surface area contributed by atoms with Gasteiger partial charge in [-0.05, 0) is 30.7 Å². The molecule has 3 nitrogen and oxygen atoms in total. The maximum atomic E-state index is 11.5. The summed E-state index contributed by atoms with van der Waals surface area (Å²) in [6.07, 6.45) is 3.55. The first-order valence-corrected chi connectivity index (χ1v) is 7.03. The van der Waals surface area contributed by atoms with Crippen LogP contribution in [0.4, 0.5) is 0 Å². The number of hydrogen-bond donors (Lipinski definition) is 0. The highest BCUT2D eigenvalue weighted by Crippen LogP contribution is 2.38. The third kappa shape index (κ3) is 2.79. The smallest absolute Gasteiger partial charge is 0.156 e. The largest absolute Gasteiger partial charge is 0.497 e. The number of methoxy groups -OCH3 is 1. The van der Waals surface area contributed by atoms with E-state index in [1.807, 2.05) is 54.6 Å². The van der Waals surface area contributed by atoms with Gasteiger partial charge in [-0.25, -0.2) is 0 Å². The summed E-state index contributed by atoms with van der Waals surface area (Å²) in [6, 6.07) is 15.5. The van der Waals surface area contributed by atoms with Crippen molar-refractivity contribution >= 4 is 17.4 Å². The fourth-order valence-electron chi connectivity index (χ4n) is 2.38. The Hall–Kier alpha value is -2.81. The molecule has 1 aliphatic rings. The van der Waals surface area contributed by atoms with Crippen molar-refractivity contribution < 1.29 is 14.3 Å². The molecule has 3 rings (SSSR count). The van der Waals surface area contributed by atoms with Gasteiger partial charge in [-0.3, -0.25) is 4.79 Å². The van der Waals surface area contributed by atoms with Crippen molar-refractivity contribution in [1.29, 1.82) is 0 Å². The standard InChI is InChI=1S/C19H16O3/c1-13(20)10-19-17(14-6-4-3-5-7-14)11-15-8-9-16(21-2)12-18(15)22-19/h3-12H,1-2H3/b19-10-. The van der Waals surface area contributed by atoms with E-state index in [1.165, 1.54) is 13.0 Å². The summed E-state index contributed by atoms with van der Waals surface area (Å²) in [4.78, 5) is 11.5. The van der Waals surface area contributed by atoms with Crippen molar-refractivity contribution in [2.75, 3.05) is 7.11 Å². The van der Waals surface area contributed by atoms with Crippen molar-refractivity contribution in [1.82, 2.24) is 0 Å². The summed E-state index contributed by atoms with van der Waals surface area (Å²) in [5.74, 6) is 1.91. The normalized spacial score (nSPS) is 14.8. The average Bonchev–Trinajstić information content (AvgIpc) is 2.54. The zero-order valence-electron chi connectivity index (χ0n) is 12.5. The lowest BCUT2D eigenvalue weighted by molar-refractivity contribution is -0.112. The fraction of sp³-hybridized carbons (Fsp3) is 0.105. The average molecular weight is 292 g/mol. The van der Waals surface area contributed by atoms with Crippen molar-refractivity contribution in [3.05, 3.63) is 71.5 Å². The van der Waals surface area contributed by atoms with Gasteiger partial charge in [0.2, 0.25) is 0 Å². The maximum absolute atomic E-state index is 11.5. The van der Waals surface area contributed by atoms with E-state index in [4.69, 9.17) is 9.47 Å². The van der Waals surface area contributed by atoms with Crippen LogP contribution in [0, 0.1) is 0 Å². The fourth-order valence-corrected chi connectivity index (χ4v) is 2.38. The summed E-state index contributed by atoms with van der Waals surface area (Å²) >= 11 is 0. The van der Waals surface area contributed by atoms with Gasteiger partial charge >= 0.3 is 0 Å². The van der Waals surface area contributed by atoms with E-state index in [0.717, 1.165) is 22.4 Å². The zero-order valence-corrected chi connectivity index (χ0v) is 12.5. The van der Waals surface area contributed by atoms with Crippen LogP contribution in [0.5, 0.6) is 11.5 Å². The number of rotatable bonds is 3. The zero-order chi connectivity index (χ0) is 15.5. The molecule has 0 radical (unpaired) electrons. The SMILES string of the molecule is COc1ccc2c(c1)O/C(=C\C(C)=O)C(c1ccccc1)=C2. The Labute approximate surface area is 129 Å². The van der Waals surface area contributed by atoms with Crippen LogP contribution < -0.4 is 9.47 Å². The van der Waals surface area contributed by atoms with E-state index in [-0.39, 0.29) is 5.78 Å². The quantitative estimate of drug-likeness (QED) is 0.799. The van der Waals surface area contributed by atoms with Crippen LogP contribution in [0.1, 0.15) is 18.1 Å². The summed E-state index contributed by atoms with van der Waals surface area (Å²) in [6.45, 7) is 1.51. The molecule has 0 aromatic heterocycles. The van der Waals surface area contributed by atoms with Crippen LogP contribution >= 0.6 is 0 Å². The van der Waals surface area contributed by atoms with Crippen molar-refractivity contribution in [3.8, 4) is 11.5 Å². The number of carbonyl (C=O) groups is 1. The molecule has 0 amide bonds. The topological polar surface area (TPSA) is 35.5 Å². The molecular weight excluding hydrogens is 276 g/mol. The molecule has 1 aliphatic heterocycles. The molecule has 0 aliphatic carbocycles. The first kappa shape index (κ1) is 14.1. The predicted octanol–water partition coefficient (Wildman–Crippen LogP) is 4.10. The molecular formula is C19H16O3. The summed E-state index contributed by atoms with van der Waals surface area (Å²) < 4.78 is 11.2. The van der Waals surface area contributed by atoms with Crippen molar-refractivity contribution in [3.63, 3.8) is 0 Å². The van der Waals surface area contributed by atoms with E-state index in [1.54, 1.807) is 7.11 Å². The minimum absolute atomic E-state index is 0.0526. The minimum Gasteiger partial charge on any atom is -0.497 e. The van der Waals surface area contributed by atoms with Crippen LogP contribution in [0.3, 0.4) is 0 Å². The highest BCUT2D eigenvalue weighted by atomic mass is 16.5. The molecule has 0 bridgehead atoms. The third-order valence-corrected chi connectivity index (χ3v) is 3.43. The second-order valence-corrected chi connectivity index (χ2v) is 5.05. The molecule has 1 heterocycles. The molecule has 2 aromatic carbocycles. The highest BCUT2D eigenvalue weighted by Gasteiger charge is 2.19. The number of ether oxygens (including phenoxy) is 2. The Morgan fingerprint density at radius 1 is 1.14 bits per heavy atom. The Bertz CT molecular complexity index is 771. The van der Waals surface area contributed by atoms with Crippen molar-refractivity contribution in [2.45, 2.75) is 6.92 Å². The van der Waals surface area contributed by atoms with Gasteiger partial charge in [0, 0.05) is 23.3 Å². The summed E-state index contributed by atoms with van der Waals surface area (Å²) in [5.41, 5.74) is 2.87. The number of fused-ring (bicyclic) bond motifs is 1. The van der Waals surface area contributed by atoms with Gasteiger partial charge in [0.15, 0.2) is 5.78 Å². The molecule has 110 valence electrons. The number of ketones is 1.